The topological polar surface area (TPSA) is 50.8 Å². The molecule has 0 saturated carbocycles. The number of amides is 1. The molecule has 0 aromatic heterocycles. The number of carbonyl (C=O) groups is 1. The Balaban J connectivity index is 0.00000161. The van der Waals surface area contributed by atoms with Gasteiger partial charge in [-0.15, -0.1) is 12.4 Å². The number of fused-ring (bicyclic) bond motifs is 1. The van der Waals surface area contributed by atoms with Gasteiger partial charge in [-0.25, -0.2) is 0 Å². The van der Waals surface area contributed by atoms with Crippen LogP contribution in [0.4, 0.5) is 0 Å². The van der Waals surface area contributed by atoms with Crippen LogP contribution in [0.2, 0.25) is 0 Å². The van der Waals surface area contributed by atoms with Crippen LogP contribution >= 0.6 is 12.4 Å². The highest BCUT2D eigenvalue weighted by molar-refractivity contribution is 5.97. The molecule has 2 aliphatic rings. The fourth-order valence-electron chi connectivity index (χ4n) is 2.79. The first-order valence-electron chi connectivity index (χ1n) is 7.10. The molecule has 116 valence electrons. The first-order valence-corrected chi connectivity index (χ1v) is 7.10. The fraction of sp³-hybridized carbons (Fsp3) is 0.533. The molecular weight excluding hydrogens is 292 g/mol. The summed E-state index contributed by atoms with van der Waals surface area (Å²) in [6, 6.07) is 5.48. The summed E-state index contributed by atoms with van der Waals surface area (Å²) < 4.78 is 11.1. The molecule has 2 aliphatic heterocycles. The number of para-hydroxylation sites is 1. The van der Waals surface area contributed by atoms with Gasteiger partial charge in [-0.3, -0.25) is 4.79 Å². The van der Waals surface area contributed by atoms with Crippen LogP contribution in [-0.2, 0) is 0 Å². The fourth-order valence-corrected chi connectivity index (χ4v) is 2.79. The third-order valence-electron chi connectivity index (χ3n) is 3.84. The average Bonchev–Trinajstić information content (AvgIpc) is 2.99. The largest absolute Gasteiger partial charge is 0.486 e. The summed E-state index contributed by atoms with van der Waals surface area (Å²) in [6.07, 6.45) is 1.13. The third-order valence-corrected chi connectivity index (χ3v) is 3.84. The van der Waals surface area contributed by atoms with Gasteiger partial charge in [0.2, 0.25) is 0 Å². The molecule has 21 heavy (non-hydrogen) atoms. The Morgan fingerprint density at radius 1 is 1.38 bits per heavy atom. The molecule has 1 saturated heterocycles. The van der Waals surface area contributed by atoms with Crippen LogP contribution in [0.5, 0.6) is 11.5 Å². The molecular formula is C15H21ClN2O3. The first kappa shape index (κ1) is 15.9. The summed E-state index contributed by atoms with van der Waals surface area (Å²) in [5.41, 5.74) is 0.593. The highest BCUT2D eigenvalue weighted by Gasteiger charge is 2.25. The lowest BCUT2D eigenvalue weighted by Gasteiger charge is -2.24. The minimum atomic E-state index is -0.000694. The van der Waals surface area contributed by atoms with Crippen molar-refractivity contribution in [3.8, 4) is 11.5 Å². The van der Waals surface area contributed by atoms with Crippen molar-refractivity contribution in [3.05, 3.63) is 23.8 Å². The lowest BCUT2D eigenvalue weighted by Crippen LogP contribution is -2.33. The predicted octanol–water partition coefficient (Wildman–Crippen LogP) is 1.56. The summed E-state index contributed by atoms with van der Waals surface area (Å²) in [5.74, 6) is 1.79. The van der Waals surface area contributed by atoms with E-state index in [4.69, 9.17) is 9.47 Å². The van der Waals surface area contributed by atoms with Gasteiger partial charge in [0, 0.05) is 13.6 Å². The third kappa shape index (κ3) is 3.41. The summed E-state index contributed by atoms with van der Waals surface area (Å²) >= 11 is 0. The molecule has 1 fully saturated rings. The zero-order chi connectivity index (χ0) is 13.9. The number of halogens is 1. The highest BCUT2D eigenvalue weighted by atomic mass is 35.5. The normalized spacial score (nSPS) is 19.8. The molecule has 6 heteroatoms. The van der Waals surface area contributed by atoms with Crippen molar-refractivity contribution >= 4 is 18.3 Å². The molecule has 1 N–H and O–H groups in total. The predicted molar refractivity (Wildman–Crippen MR) is 82.6 cm³/mol. The smallest absolute Gasteiger partial charge is 0.257 e. The van der Waals surface area contributed by atoms with Crippen LogP contribution in [0.1, 0.15) is 16.8 Å². The van der Waals surface area contributed by atoms with E-state index in [-0.39, 0.29) is 18.3 Å². The van der Waals surface area contributed by atoms with Crippen molar-refractivity contribution < 1.29 is 14.3 Å². The van der Waals surface area contributed by atoms with Gasteiger partial charge in [0.1, 0.15) is 13.2 Å². The van der Waals surface area contributed by atoms with E-state index in [1.807, 2.05) is 19.2 Å². The molecule has 0 radical (unpaired) electrons. The molecule has 5 nitrogen and oxygen atoms in total. The second kappa shape index (κ2) is 7.00. The van der Waals surface area contributed by atoms with Crippen LogP contribution in [0.25, 0.3) is 0 Å². The highest BCUT2D eigenvalue weighted by Crippen LogP contribution is 2.34. The second-order valence-corrected chi connectivity index (χ2v) is 5.37. The summed E-state index contributed by atoms with van der Waals surface area (Å²) in [7, 11) is 1.85. The van der Waals surface area contributed by atoms with E-state index in [1.165, 1.54) is 0 Å². The Labute approximate surface area is 131 Å². The number of hydrogen-bond donors (Lipinski definition) is 1. The Hall–Kier alpha value is -1.46. The molecule has 1 aromatic rings. The van der Waals surface area contributed by atoms with Gasteiger partial charge in [0.15, 0.2) is 11.5 Å². The number of benzene rings is 1. The second-order valence-electron chi connectivity index (χ2n) is 5.37. The van der Waals surface area contributed by atoms with E-state index < -0.39 is 0 Å². The SMILES string of the molecule is CN(CC1CCNC1)C(=O)c1cccc2c1OCCO2.Cl. The number of nitrogens with one attached hydrogen (secondary N) is 1. The standard InChI is InChI=1S/C15H20N2O3.ClH/c1-17(10-11-5-6-16-9-11)15(18)12-3-2-4-13-14(12)20-8-7-19-13;/h2-4,11,16H,5-10H2,1H3;1H. The molecule has 3 rings (SSSR count). The molecule has 0 bridgehead atoms. The van der Waals surface area contributed by atoms with Crippen molar-refractivity contribution in [2.45, 2.75) is 6.42 Å². The van der Waals surface area contributed by atoms with Crippen molar-refractivity contribution in [1.82, 2.24) is 10.2 Å². The van der Waals surface area contributed by atoms with Gasteiger partial charge in [-0.2, -0.15) is 0 Å². The van der Waals surface area contributed by atoms with Crippen molar-refractivity contribution in [2.24, 2.45) is 5.92 Å². The zero-order valence-corrected chi connectivity index (χ0v) is 12.9. The summed E-state index contributed by atoms with van der Waals surface area (Å²) in [5, 5.41) is 3.32. The average molecular weight is 313 g/mol. The molecule has 1 atom stereocenters. The van der Waals surface area contributed by atoms with Crippen LogP contribution in [0, 0.1) is 5.92 Å². The Morgan fingerprint density at radius 2 is 2.19 bits per heavy atom. The van der Waals surface area contributed by atoms with Crippen LogP contribution in [0.15, 0.2) is 18.2 Å². The van der Waals surface area contributed by atoms with Crippen molar-refractivity contribution in [2.75, 3.05) is 39.9 Å². The zero-order valence-electron chi connectivity index (χ0n) is 12.1. The Bertz CT molecular complexity index is 504. The van der Waals surface area contributed by atoms with Crippen LogP contribution in [0.3, 0.4) is 0 Å². The van der Waals surface area contributed by atoms with E-state index >= 15 is 0 Å². The van der Waals surface area contributed by atoms with E-state index in [2.05, 4.69) is 5.32 Å². The molecule has 1 unspecified atom stereocenters. The van der Waals surface area contributed by atoms with Crippen LogP contribution in [-0.4, -0.2) is 50.7 Å². The number of ether oxygens (including phenoxy) is 2. The number of hydrogen-bond acceptors (Lipinski definition) is 4. The number of carbonyl (C=O) groups excluding carboxylic acids is 1. The molecule has 0 aliphatic carbocycles. The lowest BCUT2D eigenvalue weighted by molar-refractivity contribution is 0.0765. The molecule has 2 heterocycles. The minimum absolute atomic E-state index is 0. The monoisotopic (exact) mass is 312 g/mol. The van der Waals surface area contributed by atoms with Gasteiger partial charge in [0.05, 0.1) is 5.56 Å². The van der Waals surface area contributed by atoms with Crippen molar-refractivity contribution in [1.29, 1.82) is 0 Å². The molecule has 0 spiro atoms. The van der Waals surface area contributed by atoms with Gasteiger partial charge in [-0.1, -0.05) is 6.07 Å². The number of rotatable bonds is 3. The van der Waals surface area contributed by atoms with Gasteiger partial charge in [-0.05, 0) is 37.6 Å². The Morgan fingerprint density at radius 3 is 2.95 bits per heavy atom. The quantitative estimate of drug-likeness (QED) is 0.920. The molecule has 1 amide bonds. The maximum atomic E-state index is 12.6. The first-order chi connectivity index (χ1) is 9.75. The lowest BCUT2D eigenvalue weighted by atomic mass is 10.1. The van der Waals surface area contributed by atoms with E-state index in [0.717, 1.165) is 26.1 Å². The Kier molecular flexibility index (Phi) is 5.31. The van der Waals surface area contributed by atoms with Gasteiger partial charge < -0.3 is 19.7 Å². The summed E-state index contributed by atoms with van der Waals surface area (Å²) in [4.78, 5) is 14.4. The van der Waals surface area contributed by atoms with Crippen molar-refractivity contribution in [3.63, 3.8) is 0 Å². The minimum Gasteiger partial charge on any atom is -0.486 e. The maximum absolute atomic E-state index is 12.6. The maximum Gasteiger partial charge on any atom is 0.257 e. The van der Waals surface area contributed by atoms with Gasteiger partial charge >= 0.3 is 0 Å². The summed E-state index contributed by atoms with van der Waals surface area (Å²) in [6.45, 7) is 3.84. The van der Waals surface area contributed by atoms with E-state index in [0.29, 0.717) is 36.2 Å². The molecule has 1 aromatic carbocycles. The van der Waals surface area contributed by atoms with Gasteiger partial charge in [0.25, 0.3) is 5.91 Å². The van der Waals surface area contributed by atoms with E-state index in [9.17, 15) is 4.79 Å². The van der Waals surface area contributed by atoms with E-state index in [1.54, 1.807) is 11.0 Å². The van der Waals surface area contributed by atoms with Crippen LogP contribution < -0.4 is 14.8 Å². The number of nitrogens with zero attached hydrogens (tertiary/aromatic N) is 1.